The van der Waals surface area contributed by atoms with E-state index in [-0.39, 0.29) is 0 Å². The zero-order chi connectivity index (χ0) is 20.4. The number of aryl methyl sites for hydroxylation is 3. The van der Waals surface area contributed by atoms with E-state index >= 15 is 0 Å². The Morgan fingerprint density at radius 3 is 1.67 bits per heavy atom. The molecule has 5 aromatic carbocycles. The van der Waals surface area contributed by atoms with Crippen molar-refractivity contribution in [3.8, 4) is 11.1 Å². The Balaban J connectivity index is 1.59. The Bertz CT molecular complexity index is 1600. The van der Waals surface area contributed by atoms with Crippen LogP contribution < -0.4 is 0 Å². The minimum atomic E-state index is 1.27. The SMILES string of the molecule is Cc1ccc(-c2ccc3cc4c(cc3c2)sc2cc3cc(C)c(C)cc3cc24)cc1. The predicted octanol–water partition coefficient (Wildman–Crippen LogP) is 8.95. The van der Waals surface area contributed by atoms with Crippen molar-refractivity contribution in [1.82, 2.24) is 0 Å². The number of fused-ring (bicyclic) bond motifs is 5. The van der Waals surface area contributed by atoms with Crippen LogP contribution in [0, 0.1) is 20.8 Å². The van der Waals surface area contributed by atoms with E-state index in [2.05, 4.69) is 99.6 Å². The summed E-state index contributed by atoms with van der Waals surface area (Å²) < 4.78 is 2.73. The van der Waals surface area contributed by atoms with Crippen LogP contribution in [0.1, 0.15) is 16.7 Å². The maximum atomic E-state index is 2.38. The second-order valence-electron chi connectivity index (χ2n) is 8.51. The molecule has 6 rings (SSSR count). The molecule has 30 heavy (non-hydrogen) atoms. The Morgan fingerprint density at radius 2 is 1.00 bits per heavy atom. The first kappa shape index (κ1) is 17.7. The monoisotopic (exact) mass is 402 g/mol. The summed E-state index contributed by atoms with van der Waals surface area (Å²) in [6, 6.07) is 29.8. The summed E-state index contributed by atoms with van der Waals surface area (Å²) in [5, 5.41) is 8.02. The van der Waals surface area contributed by atoms with E-state index in [1.807, 2.05) is 11.3 Å². The molecule has 0 bridgehead atoms. The smallest absolute Gasteiger partial charge is 0.0361 e. The molecule has 0 atom stereocenters. The lowest BCUT2D eigenvalue weighted by atomic mass is 9.98. The molecule has 0 saturated carbocycles. The second kappa shape index (κ2) is 6.42. The highest BCUT2D eigenvalue weighted by atomic mass is 32.1. The minimum Gasteiger partial charge on any atom is -0.135 e. The third-order valence-electron chi connectivity index (χ3n) is 6.38. The van der Waals surface area contributed by atoms with E-state index in [0.717, 1.165) is 0 Å². The first-order valence-corrected chi connectivity index (χ1v) is 11.2. The number of benzene rings is 5. The molecular formula is C29H22S. The van der Waals surface area contributed by atoms with Crippen molar-refractivity contribution < 1.29 is 0 Å². The average Bonchev–Trinajstić information content (AvgIpc) is 3.08. The van der Waals surface area contributed by atoms with Gasteiger partial charge in [0.25, 0.3) is 0 Å². The molecule has 0 aliphatic heterocycles. The molecule has 1 aromatic heterocycles. The molecule has 0 saturated heterocycles. The van der Waals surface area contributed by atoms with Gasteiger partial charge in [-0.2, -0.15) is 0 Å². The molecule has 0 radical (unpaired) electrons. The van der Waals surface area contributed by atoms with Crippen molar-refractivity contribution in [2.75, 3.05) is 0 Å². The van der Waals surface area contributed by atoms with Crippen LogP contribution in [0.2, 0.25) is 0 Å². The van der Waals surface area contributed by atoms with E-state index in [1.165, 1.54) is 69.5 Å². The first-order chi connectivity index (χ1) is 14.5. The topological polar surface area (TPSA) is 0 Å². The summed E-state index contributed by atoms with van der Waals surface area (Å²) in [5.74, 6) is 0. The van der Waals surface area contributed by atoms with Gasteiger partial charge in [0.05, 0.1) is 0 Å². The zero-order valence-corrected chi connectivity index (χ0v) is 18.2. The van der Waals surface area contributed by atoms with E-state index < -0.39 is 0 Å². The summed E-state index contributed by atoms with van der Waals surface area (Å²) in [6.45, 7) is 6.53. The lowest BCUT2D eigenvalue weighted by molar-refractivity contribution is 1.37. The quantitative estimate of drug-likeness (QED) is 0.257. The largest absolute Gasteiger partial charge is 0.135 e. The third-order valence-corrected chi connectivity index (χ3v) is 7.50. The fraction of sp³-hybridized carbons (Fsp3) is 0.103. The van der Waals surface area contributed by atoms with E-state index in [4.69, 9.17) is 0 Å². The van der Waals surface area contributed by atoms with Crippen molar-refractivity contribution in [3.05, 3.63) is 95.6 Å². The number of hydrogen-bond acceptors (Lipinski definition) is 1. The van der Waals surface area contributed by atoms with Crippen LogP contribution in [-0.2, 0) is 0 Å². The fourth-order valence-corrected chi connectivity index (χ4v) is 5.63. The standard InChI is InChI=1S/C29H22S/c1-17-4-6-20(7-5-17)21-8-9-22-13-26-27-14-23-10-18(2)19(3)11-24(23)15-28(27)30-29(26)16-25(22)12-21/h4-16H,1-3H3. The molecular weight excluding hydrogens is 380 g/mol. The molecule has 144 valence electrons. The molecule has 1 heteroatoms. The van der Waals surface area contributed by atoms with E-state index in [0.29, 0.717) is 0 Å². The Morgan fingerprint density at radius 1 is 0.467 bits per heavy atom. The van der Waals surface area contributed by atoms with Crippen LogP contribution in [0.4, 0.5) is 0 Å². The van der Waals surface area contributed by atoms with Gasteiger partial charge in [0, 0.05) is 20.2 Å². The van der Waals surface area contributed by atoms with Gasteiger partial charge >= 0.3 is 0 Å². The van der Waals surface area contributed by atoms with Crippen molar-refractivity contribution in [2.45, 2.75) is 20.8 Å². The van der Waals surface area contributed by atoms with E-state index in [9.17, 15) is 0 Å². The van der Waals surface area contributed by atoms with Gasteiger partial charge < -0.3 is 0 Å². The van der Waals surface area contributed by atoms with Gasteiger partial charge in [-0.1, -0.05) is 54.1 Å². The van der Waals surface area contributed by atoms with Crippen molar-refractivity contribution in [3.63, 3.8) is 0 Å². The lowest BCUT2D eigenvalue weighted by Crippen LogP contribution is -1.82. The zero-order valence-electron chi connectivity index (χ0n) is 17.4. The van der Waals surface area contributed by atoms with Crippen LogP contribution in [0.15, 0.2) is 78.9 Å². The Labute approximate surface area is 180 Å². The molecule has 0 amide bonds. The highest BCUT2D eigenvalue weighted by Crippen LogP contribution is 2.39. The van der Waals surface area contributed by atoms with Gasteiger partial charge in [-0.05, 0) is 94.9 Å². The van der Waals surface area contributed by atoms with Gasteiger partial charge in [-0.3, -0.25) is 0 Å². The molecule has 0 unspecified atom stereocenters. The van der Waals surface area contributed by atoms with Gasteiger partial charge in [0.15, 0.2) is 0 Å². The number of hydrogen-bond donors (Lipinski definition) is 0. The van der Waals surface area contributed by atoms with Crippen molar-refractivity contribution >= 4 is 53.1 Å². The minimum absolute atomic E-state index is 1.27. The summed E-state index contributed by atoms with van der Waals surface area (Å²) >= 11 is 1.91. The van der Waals surface area contributed by atoms with Crippen LogP contribution in [0.5, 0.6) is 0 Å². The molecule has 0 N–H and O–H groups in total. The van der Waals surface area contributed by atoms with Crippen LogP contribution >= 0.6 is 11.3 Å². The Hall–Kier alpha value is -3.16. The molecule has 0 fully saturated rings. The van der Waals surface area contributed by atoms with Crippen LogP contribution in [-0.4, -0.2) is 0 Å². The first-order valence-electron chi connectivity index (χ1n) is 10.4. The maximum absolute atomic E-state index is 2.38. The van der Waals surface area contributed by atoms with E-state index in [1.54, 1.807) is 0 Å². The highest BCUT2D eigenvalue weighted by molar-refractivity contribution is 7.26. The van der Waals surface area contributed by atoms with Crippen LogP contribution in [0.3, 0.4) is 0 Å². The van der Waals surface area contributed by atoms with Gasteiger partial charge in [-0.25, -0.2) is 0 Å². The lowest BCUT2D eigenvalue weighted by Gasteiger charge is -2.06. The summed E-state index contributed by atoms with van der Waals surface area (Å²) in [5.41, 5.74) is 6.56. The maximum Gasteiger partial charge on any atom is 0.0361 e. The normalized spacial score (nSPS) is 11.8. The summed E-state index contributed by atoms with van der Waals surface area (Å²) in [6.07, 6.45) is 0. The second-order valence-corrected chi connectivity index (χ2v) is 9.59. The number of rotatable bonds is 1. The molecule has 6 aromatic rings. The molecule has 1 heterocycles. The van der Waals surface area contributed by atoms with Gasteiger partial charge in [-0.15, -0.1) is 11.3 Å². The summed E-state index contributed by atoms with van der Waals surface area (Å²) in [4.78, 5) is 0. The molecule has 0 spiro atoms. The fourth-order valence-electron chi connectivity index (χ4n) is 4.47. The number of thiophene rings is 1. The van der Waals surface area contributed by atoms with Gasteiger partial charge in [0.2, 0.25) is 0 Å². The molecule has 0 aliphatic carbocycles. The van der Waals surface area contributed by atoms with Gasteiger partial charge in [0.1, 0.15) is 0 Å². The highest BCUT2D eigenvalue weighted by Gasteiger charge is 2.10. The summed E-state index contributed by atoms with van der Waals surface area (Å²) in [7, 11) is 0. The predicted molar refractivity (Wildman–Crippen MR) is 134 cm³/mol. The molecule has 0 aliphatic rings. The Kier molecular flexibility index (Phi) is 3.78. The van der Waals surface area contributed by atoms with Crippen molar-refractivity contribution in [1.29, 1.82) is 0 Å². The average molecular weight is 403 g/mol. The molecule has 0 nitrogen and oxygen atoms in total. The van der Waals surface area contributed by atoms with Crippen molar-refractivity contribution in [2.24, 2.45) is 0 Å². The van der Waals surface area contributed by atoms with Crippen LogP contribution in [0.25, 0.3) is 52.8 Å². The third kappa shape index (κ3) is 2.74.